The van der Waals surface area contributed by atoms with Crippen LogP contribution in [0, 0.1) is 11.8 Å². The van der Waals surface area contributed by atoms with Crippen molar-refractivity contribution in [2.45, 2.75) is 32.1 Å². The van der Waals surface area contributed by atoms with Gasteiger partial charge in [-0.25, -0.2) is 4.79 Å². The fourth-order valence-electron chi connectivity index (χ4n) is 3.81. The van der Waals surface area contributed by atoms with Gasteiger partial charge in [0.25, 0.3) is 0 Å². The van der Waals surface area contributed by atoms with Crippen LogP contribution in [0.2, 0.25) is 5.02 Å². The van der Waals surface area contributed by atoms with E-state index in [1.165, 1.54) is 32.1 Å². The summed E-state index contributed by atoms with van der Waals surface area (Å²) < 4.78 is 0. The van der Waals surface area contributed by atoms with Crippen LogP contribution in [0.5, 0.6) is 0 Å². The number of halogens is 1. The maximum absolute atomic E-state index is 11.5. The number of anilines is 1. The number of nitrogens with zero attached hydrogens (tertiary/aromatic N) is 1. The van der Waals surface area contributed by atoms with Gasteiger partial charge in [0.2, 0.25) is 0 Å². The molecule has 1 aromatic rings. The summed E-state index contributed by atoms with van der Waals surface area (Å²) in [7, 11) is 0. The van der Waals surface area contributed by atoms with E-state index in [4.69, 9.17) is 11.6 Å². The molecule has 1 saturated carbocycles. The number of rotatable bonds is 2. The molecule has 0 bridgehead atoms. The van der Waals surface area contributed by atoms with E-state index in [1.807, 2.05) is 12.1 Å². The number of fused-ring (bicyclic) bond motifs is 1. The molecule has 0 radical (unpaired) electrons. The number of aromatic carboxylic acids is 1. The zero-order valence-corrected chi connectivity index (χ0v) is 12.3. The van der Waals surface area contributed by atoms with Crippen molar-refractivity contribution in [1.82, 2.24) is 0 Å². The standard InChI is InChI=1S/C16H20ClNO2/c17-13-6-3-7-14(15(13)16(19)20)18-9-8-11-4-1-2-5-12(11)10-18/h3,6-7,11-12H,1-2,4-5,8-10H2,(H,19,20). The van der Waals surface area contributed by atoms with Crippen molar-refractivity contribution in [3.05, 3.63) is 28.8 Å². The molecular formula is C16H20ClNO2. The minimum Gasteiger partial charge on any atom is -0.478 e. The Hall–Kier alpha value is -1.22. The Labute approximate surface area is 124 Å². The topological polar surface area (TPSA) is 40.5 Å². The normalized spacial score (nSPS) is 26.1. The Bertz CT molecular complexity index is 517. The highest BCUT2D eigenvalue weighted by Gasteiger charge is 2.32. The summed E-state index contributed by atoms with van der Waals surface area (Å²) in [5, 5.41) is 9.73. The number of carboxylic acids is 1. The maximum atomic E-state index is 11.5. The van der Waals surface area contributed by atoms with Gasteiger partial charge in [-0.2, -0.15) is 0 Å². The summed E-state index contributed by atoms with van der Waals surface area (Å²) in [4.78, 5) is 13.7. The highest BCUT2D eigenvalue weighted by Crippen LogP contribution is 2.39. The summed E-state index contributed by atoms with van der Waals surface area (Å²) in [5.41, 5.74) is 1.04. The third-order valence-electron chi connectivity index (χ3n) is 4.84. The Morgan fingerprint density at radius 2 is 1.95 bits per heavy atom. The van der Waals surface area contributed by atoms with Gasteiger partial charge in [-0.05, 0) is 36.8 Å². The van der Waals surface area contributed by atoms with E-state index in [0.29, 0.717) is 5.02 Å². The van der Waals surface area contributed by atoms with Crippen molar-refractivity contribution in [2.24, 2.45) is 11.8 Å². The molecular weight excluding hydrogens is 274 g/mol. The minimum atomic E-state index is -0.934. The first-order valence-corrected chi connectivity index (χ1v) is 7.81. The molecule has 108 valence electrons. The monoisotopic (exact) mass is 293 g/mol. The lowest BCUT2D eigenvalue weighted by Crippen LogP contribution is -2.42. The largest absolute Gasteiger partial charge is 0.478 e. The predicted molar refractivity (Wildman–Crippen MR) is 80.7 cm³/mol. The van der Waals surface area contributed by atoms with E-state index in [2.05, 4.69) is 4.90 Å². The molecule has 0 aromatic heterocycles. The van der Waals surface area contributed by atoms with Gasteiger partial charge in [-0.3, -0.25) is 0 Å². The van der Waals surface area contributed by atoms with Crippen molar-refractivity contribution >= 4 is 23.3 Å². The van der Waals surface area contributed by atoms with Gasteiger partial charge in [-0.1, -0.05) is 36.9 Å². The maximum Gasteiger partial charge on any atom is 0.339 e. The van der Waals surface area contributed by atoms with Gasteiger partial charge >= 0.3 is 5.97 Å². The van der Waals surface area contributed by atoms with E-state index in [9.17, 15) is 9.90 Å². The van der Waals surface area contributed by atoms with Gasteiger partial charge in [0.05, 0.1) is 10.7 Å². The first-order valence-electron chi connectivity index (χ1n) is 7.43. The van der Waals surface area contributed by atoms with E-state index in [1.54, 1.807) is 6.07 Å². The second-order valence-electron chi connectivity index (χ2n) is 5.98. The number of carbonyl (C=O) groups is 1. The quantitative estimate of drug-likeness (QED) is 0.894. The lowest BCUT2D eigenvalue weighted by molar-refractivity contribution is 0.0697. The molecule has 2 unspecified atom stereocenters. The summed E-state index contributed by atoms with van der Waals surface area (Å²) in [6.45, 7) is 1.92. The van der Waals surface area contributed by atoms with Crippen LogP contribution < -0.4 is 4.90 Å². The molecule has 1 heterocycles. The van der Waals surface area contributed by atoms with Crippen molar-refractivity contribution in [2.75, 3.05) is 18.0 Å². The second-order valence-corrected chi connectivity index (χ2v) is 6.39. The molecule has 2 aliphatic rings. The number of piperidine rings is 1. The highest BCUT2D eigenvalue weighted by molar-refractivity contribution is 6.34. The van der Waals surface area contributed by atoms with Crippen molar-refractivity contribution < 1.29 is 9.90 Å². The summed E-state index contributed by atoms with van der Waals surface area (Å²) in [6.07, 6.45) is 6.48. The molecule has 1 aliphatic heterocycles. The Balaban J connectivity index is 1.86. The van der Waals surface area contributed by atoms with Crippen LogP contribution in [0.1, 0.15) is 42.5 Å². The zero-order chi connectivity index (χ0) is 14.1. The number of benzene rings is 1. The molecule has 3 rings (SSSR count). The van der Waals surface area contributed by atoms with Crippen molar-refractivity contribution in [1.29, 1.82) is 0 Å². The SMILES string of the molecule is O=C(O)c1c(Cl)cccc1N1CCC2CCCCC2C1. The molecule has 0 spiro atoms. The third kappa shape index (κ3) is 2.51. The molecule has 1 aliphatic carbocycles. The summed E-state index contributed by atoms with van der Waals surface area (Å²) in [5.74, 6) is 0.627. The van der Waals surface area contributed by atoms with E-state index >= 15 is 0 Å². The van der Waals surface area contributed by atoms with Gasteiger partial charge in [-0.15, -0.1) is 0 Å². The Morgan fingerprint density at radius 1 is 1.20 bits per heavy atom. The minimum absolute atomic E-state index is 0.253. The predicted octanol–water partition coefficient (Wildman–Crippen LogP) is 4.05. The lowest BCUT2D eigenvalue weighted by Gasteiger charge is -2.42. The average molecular weight is 294 g/mol. The van der Waals surface area contributed by atoms with Crippen molar-refractivity contribution in [3.8, 4) is 0 Å². The number of hydrogen-bond donors (Lipinski definition) is 1. The highest BCUT2D eigenvalue weighted by atomic mass is 35.5. The fraction of sp³-hybridized carbons (Fsp3) is 0.562. The lowest BCUT2D eigenvalue weighted by atomic mass is 9.75. The van der Waals surface area contributed by atoms with Gasteiger partial charge < -0.3 is 10.0 Å². The van der Waals surface area contributed by atoms with Gasteiger partial charge in [0, 0.05) is 13.1 Å². The number of hydrogen-bond acceptors (Lipinski definition) is 2. The van der Waals surface area contributed by atoms with E-state index in [-0.39, 0.29) is 5.56 Å². The first kappa shape index (κ1) is 13.7. The first-order chi connectivity index (χ1) is 9.66. The molecule has 1 N–H and O–H groups in total. The van der Waals surface area contributed by atoms with Crippen LogP contribution in [0.25, 0.3) is 0 Å². The van der Waals surface area contributed by atoms with Crippen molar-refractivity contribution in [3.63, 3.8) is 0 Å². The van der Waals surface area contributed by atoms with E-state index < -0.39 is 5.97 Å². The van der Waals surface area contributed by atoms with Crippen LogP contribution in [0.15, 0.2) is 18.2 Å². The van der Waals surface area contributed by atoms with Gasteiger partial charge in [0.1, 0.15) is 5.56 Å². The third-order valence-corrected chi connectivity index (χ3v) is 5.15. The fourth-order valence-corrected chi connectivity index (χ4v) is 4.06. The van der Waals surface area contributed by atoms with Crippen LogP contribution in [0.3, 0.4) is 0 Å². The molecule has 20 heavy (non-hydrogen) atoms. The van der Waals surface area contributed by atoms with Crippen LogP contribution in [-0.4, -0.2) is 24.2 Å². The van der Waals surface area contributed by atoms with E-state index in [0.717, 1.165) is 30.6 Å². The molecule has 0 amide bonds. The molecule has 3 nitrogen and oxygen atoms in total. The molecule has 4 heteroatoms. The second kappa shape index (κ2) is 5.65. The Kier molecular flexibility index (Phi) is 3.88. The smallest absolute Gasteiger partial charge is 0.339 e. The van der Waals surface area contributed by atoms with Crippen LogP contribution in [-0.2, 0) is 0 Å². The van der Waals surface area contributed by atoms with Crippen LogP contribution in [0.4, 0.5) is 5.69 Å². The van der Waals surface area contributed by atoms with Gasteiger partial charge in [0.15, 0.2) is 0 Å². The number of carboxylic acid groups (broad SMARTS) is 1. The van der Waals surface area contributed by atoms with Crippen LogP contribution >= 0.6 is 11.6 Å². The molecule has 1 saturated heterocycles. The summed E-state index contributed by atoms with van der Waals surface area (Å²) >= 11 is 6.07. The summed E-state index contributed by atoms with van der Waals surface area (Å²) in [6, 6.07) is 5.39. The Morgan fingerprint density at radius 3 is 2.70 bits per heavy atom. The molecule has 2 fully saturated rings. The molecule has 2 atom stereocenters. The molecule has 1 aromatic carbocycles. The zero-order valence-electron chi connectivity index (χ0n) is 11.5. The average Bonchev–Trinajstić information content (AvgIpc) is 2.46.